The van der Waals surface area contributed by atoms with Crippen molar-refractivity contribution in [2.75, 3.05) is 12.4 Å². The van der Waals surface area contributed by atoms with Crippen LogP contribution in [0.3, 0.4) is 0 Å². The highest BCUT2D eigenvalue weighted by atomic mass is 35.5. The van der Waals surface area contributed by atoms with Crippen LogP contribution in [0.2, 0.25) is 10.0 Å². The van der Waals surface area contributed by atoms with Crippen molar-refractivity contribution in [2.24, 2.45) is 0 Å². The number of hydrogen-bond acceptors (Lipinski definition) is 2. The maximum absolute atomic E-state index is 14.5. The molecule has 1 saturated heterocycles. The number of piperidine rings is 1. The Labute approximate surface area is 201 Å². The molecule has 33 heavy (non-hydrogen) atoms. The minimum Gasteiger partial charge on any atom is -0.337 e. The van der Waals surface area contributed by atoms with Crippen LogP contribution in [0.4, 0.5) is 10.1 Å². The fourth-order valence-corrected chi connectivity index (χ4v) is 5.90. The van der Waals surface area contributed by atoms with E-state index in [1.54, 1.807) is 42.3 Å². The molecule has 3 atom stereocenters. The van der Waals surface area contributed by atoms with Gasteiger partial charge in [0.2, 0.25) is 11.8 Å². The van der Waals surface area contributed by atoms with Crippen LogP contribution in [-0.4, -0.2) is 23.8 Å². The number of rotatable bonds is 2. The van der Waals surface area contributed by atoms with E-state index < -0.39 is 23.2 Å². The van der Waals surface area contributed by atoms with Gasteiger partial charge in [0.15, 0.2) is 0 Å². The van der Waals surface area contributed by atoms with Crippen molar-refractivity contribution < 1.29 is 14.0 Å². The lowest BCUT2D eigenvalue weighted by Crippen LogP contribution is -2.57. The number of nitrogens with zero attached hydrogens (tertiary/aromatic N) is 1. The fourth-order valence-electron chi connectivity index (χ4n) is 5.53. The van der Waals surface area contributed by atoms with E-state index in [4.69, 9.17) is 23.2 Å². The topological polar surface area (TPSA) is 49.4 Å². The summed E-state index contributed by atoms with van der Waals surface area (Å²) < 4.78 is 14.5. The van der Waals surface area contributed by atoms with Gasteiger partial charge in [-0.15, -0.1) is 0 Å². The summed E-state index contributed by atoms with van der Waals surface area (Å²) >= 11 is 12.6. The first-order valence-corrected chi connectivity index (χ1v) is 11.4. The van der Waals surface area contributed by atoms with Gasteiger partial charge in [0, 0.05) is 35.1 Å². The number of nitrogens with one attached hydrogen (secondary N) is 1. The van der Waals surface area contributed by atoms with Crippen molar-refractivity contribution in [3.63, 3.8) is 0 Å². The van der Waals surface area contributed by atoms with Crippen molar-refractivity contribution in [1.82, 2.24) is 4.90 Å². The zero-order chi connectivity index (χ0) is 23.5. The lowest BCUT2D eigenvalue weighted by atomic mass is 9.58. The molecule has 2 amide bonds. The fraction of sp³-hybridized carbons (Fsp3) is 0.231. The van der Waals surface area contributed by atoms with Crippen LogP contribution in [0.5, 0.6) is 0 Å². The van der Waals surface area contributed by atoms with E-state index in [-0.39, 0.29) is 18.2 Å². The summed E-state index contributed by atoms with van der Waals surface area (Å²) in [7, 11) is 1.68. The van der Waals surface area contributed by atoms with E-state index in [1.807, 2.05) is 25.1 Å². The first-order chi connectivity index (χ1) is 15.7. The number of anilines is 1. The summed E-state index contributed by atoms with van der Waals surface area (Å²) in [6, 6.07) is 16.3. The minimum atomic E-state index is -1.20. The van der Waals surface area contributed by atoms with E-state index >= 15 is 0 Å². The second kappa shape index (κ2) is 7.86. The summed E-state index contributed by atoms with van der Waals surface area (Å²) in [5, 5.41) is 4.00. The zero-order valence-electron chi connectivity index (χ0n) is 18.0. The van der Waals surface area contributed by atoms with Gasteiger partial charge >= 0.3 is 0 Å². The monoisotopic (exact) mass is 482 g/mol. The molecule has 1 N–H and O–H groups in total. The molecule has 1 spiro atoms. The number of likely N-dealkylation sites (N-methyl/N-ethyl adjacent to an activating group) is 1. The Hall–Kier alpha value is -2.89. The number of likely N-dealkylation sites (tertiary alicyclic amines) is 1. The predicted octanol–water partition coefficient (Wildman–Crippen LogP) is 6.02. The first kappa shape index (κ1) is 21.9. The molecule has 5 rings (SSSR count). The zero-order valence-corrected chi connectivity index (χ0v) is 19.5. The number of aryl methyl sites for hydroxylation is 1. The summed E-state index contributed by atoms with van der Waals surface area (Å²) in [6.07, 6.45) is 0.108. The van der Waals surface area contributed by atoms with Gasteiger partial charge in [0.25, 0.3) is 0 Å². The Morgan fingerprint density at radius 1 is 1.03 bits per heavy atom. The normalized spacial score (nSPS) is 24.2. The number of amides is 2. The van der Waals surface area contributed by atoms with Gasteiger partial charge in [-0.25, -0.2) is 4.39 Å². The number of fused-ring (bicyclic) bond motifs is 2. The molecular weight excluding hydrogens is 462 g/mol. The van der Waals surface area contributed by atoms with Gasteiger partial charge in [0.05, 0.1) is 6.04 Å². The molecule has 7 heteroatoms. The van der Waals surface area contributed by atoms with Crippen molar-refractivity contribution in [3.8, 4) is 0 Å². The standard InChI is InChI=1S/C26H21Cl2FN2O2/c1-14-6-8-18(29)12-19(14)24-26(20-9-7-17(28)11-22(20)30-25(26)33)21(13-23(32)31(24)2)15-4-3-5-16(27)10-15/h3-12,21,24H,13H2,1-2H3,(H,30,33)/t21-,24+,26-/m0/s1. The van der Waals surface area contributed by atoms with Crippen LogP contribution in [0, 0.1) is 12.7 Å². The molecule has 0 bridgehead atoms. The molecule has 0 saturated carbocycles. The van der Waals surface area contributed by atoms with Gasteiger partial charge in [-0.1, -0.05) is 47.5 Å². The second-order valence-electron chi connectivity index (χ2n) is 8.73. The van der Waals surface area contributed by atoms with Crippen LogP contribution in [0.25, 0.3) is 0 Å². The number of halogens is 3. The molecule has 0 unspecified atom stereocenters. The first-order valence-electron chi connectivity index (χ1n) is 10.6. The van der Waals surface area contributed by atoms with Gasteiger partial charge in [-0.2, -0.15) is 0 Å². The maximum atomic E-state index is 14.5. The second-order valence-corrected chi connectivity index (χ2v) is 9.61. The van der Waals surface area contributed by atoms with Crippen molar-refractivity contribution in [3.05, 3.63) is 98.8 Å². The van der Waals surface area contributed by atoms with Crippen LogP contribution < -0.4 is 5.32 Å². The van der Waals surface area contributed by atoms with Gasteiger partial charge in [-0.3, -0.25) is 9.59 Å². The molecule has 0 aliphatic carbocycles. The van der Waals surface area contributed by atoms with Gasteiger partial charge in [0.1, 0.15) is 11.2 Å². The molecule has 1 fully saturated rings. The Balaban J connectivity index is 1.87. The van der Waals surface area contributed by atoms with E-state index in [0.29, 0.717) is 21.3 Å². The van der Waals surface area contributed by atoms with Crippen LogP contribution in [-0.2, 0) is 15.0 Å². The molecule has 3 aromatic rings. The van der Waals surface area contributed by atoms with Crippen LogP contribution in [0.15, 0.2) is 60.7 Å². The Kier molecular flexibility index (Phi) is 5.22. The van der Waals surface area contributed by atoms with E-state index in [0.717, 1.165) is 16.7 Å². The van der Waals surface area contributed by atoms with Crippen LogP contribution >= 0.6 is 23.2 Å². The largest absolute Gasteiger partial charge is 0.337 e. The maximum Gasteiger partial charge on any atom is 0.238 e. The minimum absolute atomic E-state index is 0.108. The lowest BCUT2D eigenvalue weighted by Gasteiger charge is -2.50. The molecular formula is C26H21Cl2FN2O2. The van der Waals surface area contributed by atoms with Crippen molar-refractivity contribution >= 4 is 40.7 Å². The average Bonchev–Trinajstić information content (AvgIpc) is 3.04. The molecule has 4 nitrogen and oxygen atoms in total. The number of hydrogen-bond donors (Lipinski definition) is 1. The highest BCUT2D eigenvalue weighted by molar-refractivity contribution is 6.31. The highest BCUT2D eigenvalue weighted by Gasteiger charge is 2.63. The number of benzene rings is 3. The summed E-state index contributed by atoms with van der Waals surface area (Å²) in [5.41, 5.74) is 2.29. The van der Waals surface area contributed by atoms with E-state index in [9.17, 15) is 14.0 Å². The molecule has 2 aliphatic heterocycles. The molecule has 2 aliphatic rings. The highest BCUT2D eigenvalue weighted by Crippen LogP contribution is 2.60. The van der Waals surface area contributed by atoms with Crippen molar-refractivity contribution in [2.45, 2.75) is 30.7 Å². The molecule has 2 heterocycles. The average molecular weight is 483 g/mol. The lowest BCUT2D eigenvalue weighted by molar-refractivity contribution is -0.143. The van der Waals surface area contributed by atoms with Gasteiger partial charge < -0.3 is 10.2 Å². The molecule has 0 aromatic heterocycles. The molecule has 0 radical (unpaired) electrons. The number of carbonyl (C=O) groups excluding carboxylic acids is 2. The third kappa shape index (κ3) is 3.25. The Bertz CT molecular complexity index is 1310. The number of carbonyl (C=O) groups is 2. The smallest absolute Gasteiger partial charge is 0.238 e. The van der Waals surface area contributed by atoms with E-state index in [2.05, 4.69) is 5.32 Å². The Morgan fingerprint density at radius 3 is 2.55 bits per heavy atom. The molecule has 168 valence electrons. The Morgan fingerprint density at radius 2 is 1.79 bits per heavy atom. The molecule has 3 aromatic carbocycles. The SMILES string of the molecule is Cc1ccc(F)cc1[C@H]1N(C)C(=O)C[C@@H](c2cccc(Cl)c2)[C@]12C(=O)Nc1cc(Cl)ccc12. The van der Waals surface area contributed by atoms with Crippen molar-refractivity contribution in [1.29, 1.82) is 0 Å². The quantitative estimate of drug-likeness (QED) is 0.485. The summed E-state index contributed by atoms with van der Waals surface area (Å²) in [5.74, 6) is -1.33. The van der Waals surface area contributed by atoms with E-state index in [1.165, 1.54) is 12.1 Å². The third-order valence-corrected chi connectivity index (χ3v) is 7.45. The van der Waals surface area contributed by atoms with Gasteiger partial charge in [-0.05, 0) is 65.6 Å². The van der Waals surface area contributed by atoms with Crippen LogP contribution in [0.1, 0.15) is 40.6 Å². The summed E-state index contributed by atoms with van der Waals surface area (Å²) in [4.78, 5) is 28.9. The summed E-state index contributed by atoms with van der Waals surface area (Å²) in [6.45, 7) is 1.86. The predicted molar refractivity (Wildman–Crippen MR) is 127 cm³/mol. The third-order valence-electron chi connectivity index (χ3n) is 6.98.